The van der Waals surface area contributed by atoms with E-state index in [1.165, 1.54) is 5.56 Å². The summed E-state index contributed by atoms with van der Waals surface area (Å²) < 4.78 is 5.54. The highest BCUT2D eigenvalue weighted by Crippen LogP contribution is 2.35. The van der Waals surface area contributed by atoms with Crippen LogP contribution in [0.15, 0.2) is 24.3 Å². The maximum Gasteiger partial charge on any atom is 0.223 e. The smallest absolute Gasteiger partial charge is 0.223 e. The fourth-order valence-electron chi connectivity index (χ4n) is 3.43. The lowest BCUT2D eigenvalue weighted by atomic mass is 9.74. The van der Waals surface area contributed by atoms with E-state index in [9.17, 15) is 4.79 Å². The van der Waals surface area contributed by atoms with Gasteiger partial charge in [0, 0.05) is 36.1 Å². The van der Waals surface area contributed by atoms with Crippen LogP contribution in [-0.4, -0.2) is 38.8 Å². The van der Waals surface area contributed by atoms with Crippen LogP contribution in [0.2, 0.25) is 5.02 Å². The lowest BCUT2D eigenvalue weighted by Gasteiger charge is -2.39. The van der Waals surface area contributed by atoms with E-state index in [1.54, 1.807) is 0 Å². The van der Waals surface area contributed by atoms with Gasteiger partial charge < -0.3 is 15.4 Å². The molecular weight excluding hydrogens is 347 g/mol. The summed E-state index contributed by atoms with van der Waals surface area (Å²) >= 11 is 6.02. The third kappa shape index (κ3) is 4.23. The molecule has 2 heterocycles. The van der Waals surface area contributed by atoms with Crippen LogP contribution in [0, 0.1) is 11.8 Å². The molecule has 2 fully saturated rings. The second-order valence-electron chi connectivity index (χ2n) is 6.82. The highest BCUT2D eigenvalue weighted by atomic mass is 35.5. The second-order valence-corrected chi connectivity index (χ2v) is 7.26. The number of rotatable bonds is 5. The first-order valence-corrected chi connectivity index (χ1v) is 8.81. The summed E-state index contributed by atoms with van der Waals surface area (Å²) in [4.78, 5) is 12.5. The zero-order chi connectivity index (χ0) is 16.3. The molecule has 1 aromatic rings. The van der Waals surface area contributed by atoms with Gasteiger partial charge in [0.05, 0.1) is 0 Å². The molecule has 24 heavy (non-hydrogen) atoms. The number of benzene rings is 1. The van der Waals surface area contributed by atoms with Crippen molar-refractivity contribution in [3.05, 3.63) is 34.9 Å². The number of nitrogens with one attached hydrogen (secondary N) is 2. The van der Waals surface area contributed by atoms with Gasteiger partial charge in [-0.3, -0.25) is 4.79 Å². The van der Waals surface area contributed by atoms with Crippen LogP contribution in [0.25, 0.3) is 0 Å². The molecule has 4 nitrogen and oxygen atoms in total. The molecule has 134 valence electrons. The van der Waals surface area contributed by atoms with Crippen molar-refractivity contribution >= 4 is 29.9 Å². The van der Waals surface area contributed by atoms with Crippen molar-refractivity contribution < 1.29 is 9.53 Å². The first-order chi connectivity index (χ1) is 11.1. The summed E-state index contributed by atoms with van der Waals surface area (Å²) in [7, 11) is 0. The number of hydrogen-bond acceptors (Lipinski definition) is 3. The predicted octanol–water partition coefficient (Wildman–Crippen LogP) is 2.78. The summed E-state index contributed by atoms with van der Waals surface area (Å²) in [6.45, 7) is 6.07. The molecule has 6 heteroatoms. The Morgan fingerprint density at radius 1 is 1.33 bits per heavy atom. The summed E-state index contributed by atoms with van der Waals surface area (Å²) in [6.07, 6.45) is 1.85. The largest absolute Gasteiger partial charge is 0.381 e. The molecule has 2 aliphatic rings. The fraction of sp³-hybridized carbons (Fsp3) is 0.611. The Bertz CT molecular complexity index is 540. The molecule has 0 saturated carbocycles. The molecule has 1 atom stereocenters. The monoisotopic (exact) mass is 372 g/mol. The maximum atomic E-state index is 12.5. The van der Waals surface area contributed by atoms with Crippen molar-refractivity contribution in [2.75, 3.05) is 32.8 Å². The van der Waals surface area contributed by atoms with Gasteiger partial charge in [-0.25, -0.2) is 0 Å². The van der Waals surface area contributed by atoms with Gasteiger partial charge in [0.2, 0.25) is 5.91 Å². The Kier molecular flexibility index (Phi) is 6.93. The van der Waals surface area contributed by atoms with E-state index in [4.69, 9.17) is 16.3 Å². The standard InChI is InChI=1S/C18H25ClN2O2.ClH/c1-13(14-10-20-11-14)17(22)21-12-18(6-8-23-9-7-18)15-2-4-16(19)5-3-15;/h2-5,13-14,20H,6-12H2,1H3,(H,21,22);1H. The van der Waals surface area contributed by atoms with E-state index < -0.39 is 0 Å². The van der Waals surface area contributed by atoms with Crippen LogP contribution < -0.4 is 10.6 Å². The fourth-order valence-corrected chi connectivity index (χ4v) is 3.56. The quantitative estimate of drug-likeness (QED) is 0.835. The van der Waals surface area contributed by atoms with Crippen molar-refractivity contribution in [1.82, 2.24) is 10.6 Å². The molecule has 1 aromatic carbocycles. The van der Waals surface area contributed by atoms with Crippen molar-refractivity contribution in [3.63, 3.8) is 0 Å². The third-order valence-electron chi connectivity index (χ3n) is 5.44. The highest BCUT2D eigenvalue weighted by molar-refractivity contribution is 6.30. The molecule has 1 unspecified atom stereocenters. The van der Waals surface area contributed by atoms with Gasteiger partial charge in [-0.2, -0.15) is 0 Å². The Morgan fingerprint density at radius 2 is 1.96 bits per heavy atom. The first kappa shape index (κ1) is 19.5. The lowest BCUT2D eigenvalue weighted by Crippen LogP contribution is -2.51. The number of ether oxygens (including phenoxy) is 1. The summed E-state index contributed by atoms with van der Waals surface area (Å²) in [5.74, 6) is 0.700. The van der Waals surface area contributed by atoms with Crippen LogP contribution in [0.5, 0.6) is 0 Å². The Morgan fingerprint density at radius 3 is 2.50 bits per heavy atom. The number of hydrogen-bond donors (Lipinski definition) is 2. The van der Waals surface area contributed by atoms with E-state index >= 15 is 0 Å². The molecule has 1 amide bonds. The van der Waals surface area contributed by atoms with E-state index in [-0.39, 0.29) is 29.6 Å². The van der Waals surface area contributed by atoms with Crippen molar-refractivity contribution in [3.8, 4) is 0 Å². The van der Waals surface area contributed by atoms with Crippen LogP contribution in [0.3, 0.4) is 0 Å². The van der Waals surface area contributed by atoms with Crippen molar-refractivity contribution in [2.24, 2.45) is 11.8 Å². The molecule has 2 saturated heterocycles. The molecule has 0 bridgehead atoms. The van der Waals surface area contributed by atoms with E-state index in [1.807, 2.05) is 19.1 Å². The van der Waals surface area contributed by atoms with Gasteiger partial charge in [-0.05, 0) is 49.5 Å². The molecular formula is C18H26Cl2N2O2. The zero-order valence-electron chi connectivity index (χ0n) is 14.0. The van der Waals surface area contributed by atoms with Gasteiger partial charge in [0.25, 0.3) is 0 Å². The normalized spacial score (nSPS) is 21.2. The minimum atomic E-state index is -0.0456. The Labute approximate surface area is 155 Å². The average Bonchev–Trinajstić information content (AvgIpc) is 2.52. The van der Waals surface area contributed by atoms with Crippen LogP contribution in [0.1, 0.15) is 25.3 Å². The van der Waals surface area contributed by atoms with Crippen molar-refractivity contribution in [1.29, 1.82) is 0 Å². The Hall–Kier alpha value is -0.810. The summed E-state index contributed by atoms with van der Waals surface area (Å²) in [5, 5.41) is 7.17. The third-order valence-corrected chi connectivity index (χ3v) is 5.69. The Balaban J connectivity index is 0.00000208. The van der Waals surface area contributed by atoms with Crippen LogP contribution >= 0.6 is 24.0 Å². The number of carbonyl (C=O) groups is 1. The predicted molar refractivity (Wildman–Crippen MR) is 99.0 cm³/mol. The zero-order valence-corrected chi connectivity index (χ0v) is 15.6. The van der Waals surface area contributed by atoms with Gasteiger partial charge in [-0.15, -0.1) is 12.4 Å². The number of carbonyl (C=O) groups excluding carboxylic acids is 1. The summed E-state index contributed by atoms with van der Waals surface area (Å²) in [6, 6.07) is 8.02. The minimum absolute atomic E-state index is 0. The molecule has 0 radical (unpaired) electrons. The van der Waals surface area contributed by atoms with Crippen molar-refractivity contribution in [2.45, 2.75) is 25.2 Å². The number of amides is 1. The molecule has 0 aromatic heterocycles. The second kappa shape index (κ2) is 8.52. The maximum absolute atomic E-state index is 12.5. The van der Waals surface area contributed by atoms with Gasteiger partial charge in [0.15, 0.2) is 0 Å². The molecule has 0 spiro atoms. The summed E-state index contributed by atoms with van der Waals surface area (Å²) in [5.41, 5.74) is 1.19. The van der Waals surface area contributed by atoms with E-state index in [0.717, 1.165) is 44.2 Å². The molecule has 0 aliphatic carbocycles. The first-order valence-electron chi connectivity index (χ1n) is 8.43. The molecule has 2 N–H and O–H groups in total. The van der Waals surface area contributed by atoms with E-state index in [0.29, 0.717) is 12.5 Å². The molecule has 3 rings (SSSR count). The average molecular weight is 373 g/mol. The van der Waals surface area contributed by atoms with Crippen LogP contribution in [-0.2, 0) is 14.9 Å². The van der Waals surface area contributed by atoms with Gasteiger partial charge in [0.1, 0.15) is 0 Å². The van der Waals surface area contributed by atoms with Gasteiger partial charge >= 0.3 is 0 Å². The van der Waals surface area contributed by atoms with E-state index in [2.05, 4.69) is 22.8 Å². The van der Waals surface area contributed by atoms with Crippen LogP contribution in [0.4, 0.5) is 0 Å². The number of halogens is 2. The topological polar surface area (TPSA) is 50.4 Å². The highest BCUT2D eigenvalue weighted by Gasteiger charge is 2.36. The minimum Gasteiger partial charge on any atom is -0.381 e. The van der Waals surface area contributed by atoms with Gasteiger partial charge in [-0.1, -0.05) is 30.7 Å². The lowest BCUT2D eigenvalue weighted by molar-refractivity contribution is -0.127. The molecule has 2 aliphatic heterocycles. The SMILES string of the molecule is CC(C(=O)NCC1(c2ccc(Cl)cc2)CCOCC1)C1CNC1.Cl.